The summed E-state index contributed by atoms with van der Waals surface area (Å²) in [6, 6.07) is 19.7. The Morgan fingerprint density at radius 3 is 2.29 bits per heavy atom. The first-order chi connectivity index (χ1) is 13.6. The maximum Gasteiger partial charge on any atom is 0.166 e. The van der Waals surface area contributed by atoms with Crippen molar-refractivity contribution in [2.45, 2.75) is 13.3 Å². The van der Waals surface area contributed by atoms with E-state index in [2.05, 4.69) is 29.8 Å². The van der Waals surface area contributed by atoms with Crippen LogP contribution in [0.2, 0.25) is 0 Å². The van der Waals surface area contributed by atoms with Gasteiger partial charge in [-0.3, -0.25) is 4.98 Å². The van der Waals surface area contributed by atoms with Gasteiger partial charge < -0.3 is 0 Å². The van der Waals surface area contributed by atoms with E-state index in [-0.39, 0.29) is 5.39 Å². The molecule has 0 atom stereocenters. The van der Waals surface area contributed by atoms with Crippen molar-refractivity contribution in [1.29, 1.82) is 0 Å². The fourth-order valence-corrected chi connectivity index (χ4v) is 3.02. The van der Waals surface area contributed by atoms with Crippen molar-refractivity contribution in [3.8, 4) is 23.1 Å². The highest BCUT2D eigenvalue weighted by Crippen LogP contribution is 2.22. The number of aryl methyl sites for hydroxylation is 1. The quantitative estimate of drug-likeness (QED) is 0.387. The van der Waals surface area contributed by atoms with Crippen molar-refractivity contribution in [3.63, 3.8) is 0 Å². The fourth-order valence-electron chi connectivity index (χ4n) is 3.02. The van der Waals surface area contributed by atoms with Crippen LogP contribution in [0.25, 0.3) is 22.0 Å². The smallest absolute Gasteiger partial charge is 0.166 e. The lowest BCUT2D eigenvalue weighted by Crippen LogP contribution is -1.87. The van der Waals surface area contributed by atoms with Crippen molar-refractivity contribution in [1.82, 2.24) is 4.98 Å². The van der Waals surface area contributed by atoms with E-state index in [1.807, 2.05) is 36.5 Å². The second-order valence-corrected chi connectivity index (χ2v) is 6.53. The zero-order chi connectivity index (χ0) is 19.5. The minimum atomic E-state index is -0.842. The highest BCUT2D eigenvalue weighted by molar-refractivity contribution is 5.84. The number of hydrogen-bond donors (Lipinski definition) is 0. The molecular weight excluding hydrogens is 352 g/mol. The number of rotatable bonds is 2. The molecule has 3 heteroatoms. The zero-order valence-electron chi connectivity index (χ0n) is 15.3. The van der Waals surface area contributed by atoms with Crippen LogP contribution in [0.4, 0.5) is 8.78 Å². The third-order valence-electron chi connectivity index (χ3n) is 4.67. The summed E-state index contributed by atoms with van der Waals surface area (Å²) in [5.41, 5.74) is 4.81. The van der Waals surface area contributed by atoms with Crippen molar-refractivity contribution in [3.05, 3.63) is 101 Å². The van der Waals surface area contributed by atoms with Gasteiger partial charge in [-0.1, -0.05) is 49.1 Å². The van der Waals surface area contributed by atoms with Gasteiger partial charge in [0.05, 0.1) is 5.69 Å². The molecule has 0 spiro atoms. The molecule has 28 heavy (non-hydrogen) atoms. The molecule has 0 aliphatic heterocycles. The highest BCUT2D eigenvalue weighted by Gasteiger charge is 2.06. The fraction of sp³-hybridized carbons (Fsp3) is 0.0800. The summed E-state index contributed by atoms with van der Waals surface area (Å²) in [7, 11) is 0. The summed E-state index contributed by atoms with van der Waals surface area (Å²) in [5.74, 6) is 4.52. The Bertz CT molecular complexity index is 1200. The van der Waals surface area contributed by atoms with Crippen LogP contribution in [-0.2, 0) is 6.42 Å². The molecule has 0 aliphatic carbocycles. The van der Waals surface area contributed by atoms with Gasteiger partial charge in [-0.05, 0) is 53.8 Å². The molecule has 4 rings (SSSR count). The molecule has 0 unspecified atom stereocenters. The van der Waals surface area contributed by atoms with Gasteiger partial charge >= 0.3 is 0 Å². The molecule has 1 aromatic heterocycles. The highest BCUT2D eigenvalue weighted by atomic mass is 19.2. The molecule has 0 aliphatic rings. The van der Waals surface area contributed by atoms with Crippen molar-refractivity contribution in [2.24, 2.45) is 0 Å². The van der Waals surface area contributed by atoms with Crippen LogP contribution in [0.3, 0.4) is 0 Å². The maximum atomic E-state index is 13.8. The number of fused-ring (bicyclic) bond motifs is 1. The van der Waals surface area contributed by atoms with Gasteiger partial charge in [-0.25, -0.2) is 8.78 Å². The normalized spacial score (nSPS) is 10.5. The van der Waals surface area contributed by atoms with E-state index in [1.54, 1.807) is 24.3 Å². The lowest BCUT2D eigenvalue weighted by Gasteiger charge is -2.02. The van der Waals surface area contributed by atoms with Crippen LogP contribution in [0.15, 0.2) is 72.9 Å². The Kier molecular flexibility index (Phi) is 4.87. The van der Waals surface area contributed by atoms with Gasteiger partial charge in [0, 0.05) is 28.3 Å². The predicted molar refractivity (Wildman–Crippen MR) is 109 cm³/mol. The lowest BCUT2D eigenvalue weighted by atomic mass is 10.1. The molecule has 0 saturated carbocycles. The lowest BCUT2D eigenvalue weighted by molar-refractivity contribution is 0.517. The van der Waals surface area contributed by atoms with Gasteiger partial charge in [0.1, 0.15) is 0 Å². The molecule has 0 saturated heterocycles. The topological polar surface area (TPSA) is 12.9 Å². The van der Waals surface area contributed by atoms with E-state index >= 15 is 0 Å². The van der Waals surface area contributed by atoms with Gasteiger partial charge in [-0.2, -0.15) is 0 Å². The van der Waals surface area contributed by atoms with Gasteiger partial charge in [0.25, 0.3) is 0 Å². The molecule has 1 heterocycles. The van der Waals surface area contributed by atoms with E-state index in [1.165, 1.54) is 5.56 Å². The molecule has 4 aromatic rings. The van der Waals surface area contributed by atoms with Crippen LogP contribution in [-0.4, -0.2) is 4.98 Å². The number of benzene rings is 3. The maximum absolute atomic E-state index is 13.8. The van der Waals surface area contributed by atoms with Gasteiger partial charge in [0.2, 0.25) is 0 Å². The Hall–Kier alpha value is -3.51. The van der Waals surface area contributed by atoms with E-state index in [4.69, 9.17) is 0 Å². The number of halogens is 2. The summed E-state index contributed by atoms with van der Waals surface area (Å²) in [5, 5.41) is 0.888. The molecule has 1 nitrogen and oxygen atoms in total. The van der Waals surface area contributed by atoms with Crippen LogP contribution in [0.5, 0.6) is 0 Å². The molecular formula is C25H17F2N. The van der Waals surface area contributed by atoms with Crippen LogP contribution < -0.4 is 0 Å². The largest absolute Gasteiger partial charge is 0.256 e. The second kappa shape index (κ2) is 7.62. The van der Waals surface area contributed by atoms with Crippen LogP contribution >= 0.6 is 0 Å². The van der Waals surface area contributed by atoms with Crippen molar-refractivity contribution < 1.29 is 8.78 Å². The number of hydrogen-bond acceptors (Lipinski definition) is 1. The Morgan fingerprint density at radius 2 is 1.57 bits per heavy atom. The number of pyridine rings is 1. The molecule has 3 aromatic carbocycles. The summed E-state index contributed by atoms with van der Waals surface area (Å²) in [6.45, 7) is 2.11. The SMILES string of the molecule is CCc1ccc(-c2ccc(C#Cc3ccc4c(F)c(F)ccc4c3)cc2)nc1. The van der Waals surface area contributed by atoms with Crippen LogP contribution in [0, 0.1) is 23.5 Å². The van der Waals surface area contributed by atoms with Crippen molar-refractivity contribution >= 4 is 10.8 Å². The van der Waals surface area contributed by atoms with Crippen LogP contribution in [0.1, 0.15) is 23.6 Å². The molecule has 0 amide bonds. The summed E-state index contributed by atoms with van der Waals surface area (Å²) in [4.78, 5) is 4.49. The molecule has 136 valence electrons. The zero-order valence-corrected chi connectivity index (χ0v) is 15.3. The van der Waals surface area contributed by atoms with E-state index < -0.39 is 11.6 Å². The Labute approximate surface area is 162 Å². The first kappa shape index (κ1) is 17.9. The number of nitrogens with zero attached hydrogens (tertiary/aromatic N) is 1. The first-order valence-electron chi connectivity index (χ1n) is 9.09. The second-order valence-electron chi connectivity index (χ2n) is 6.53. The first-order valence-corrected chi connectivity index (χ1v) is 9.09. The van der Waals surface area contributed by atoms with Crippen molar-refractivity contribution in [2.75, 3.05) is 0 Å². The Morgan fingerprint density at radius 1 is 0.821 bits per heavy atom. The van der Waals surface area contributed by atoms with Gasteiger partial charge in [-0.15, -0.1) is 0 Å². The molecule has 0 fully saturated rings. The minimum Gasteiger partial charge on any atom is -0.256 e. The molecule has 0 N–H and O–H groups in total. The molecule has 0 bridgehead atoms. The standard InChI is InChI=1S/C25H17F2N/c1-2-17-8-14-24(28-16-17)20-9-5-18(6-10-20)3-4-19-7-12-22-21(15-19)11-13-23(26)25(22)27/h5-16H,2H2,1H3. The number of aromatic nitrogens is 1. The monoisotopic (exact) mass is 369 g/mol. The predicted octanol–water partition coefficient (Wildman–Crippen LogP) is 6.14. The summed E-state index contributed by atoms with van der Waals surface area (Å²) < 4.78 is 27.1. The van der Waals surface area contributed by atoms with E-state index in [9.17, 15) is 8.78 Å². The third kappa shape index (κ3) is 3.63. The van der Waals surface area contributed by atoms with Gasteiger partial charge in [0.15, 0.2) is 11.6 Å². The van der Waals surface area contributed by atoms with E-state index in [0.717, 1.165) is 34.9 Å². The average molecular weight is 369 g/mol. The Balaban J connectivity index is 1.57. The summed E-state index contributed by atoms with van der Waals surface area (Å²) >= 11 is 0. The third-order valence-corrected chi connectivity index (χ3v) is 4.67. The molecule has 0 radical (unpaired) electrons. The average Bonchev–Trinajstić information content (AvgIpc) is 2.75. The minimum absolute atomic E-state index is 0.261. The van der Waals surface area contributed by atoms with E-state index in [0.29, 0.717) is 5.39 Å². The summed E-state index contributed by atoms with van der Waals surface area (Å²) in [6.07, 6.45) is 2.87.